The first-order valence-electron chi connectivity index (χ1n) is 5.95. The van der Waals surface area contributed by atoms with Gasteiger partial charge in [-0.1, -0.05) is 18.6 Å². The van der Waals surface area contributed by atoms with E-state index >= 15 is 0 Å². The summed E-state index contributed by atoms with van der Waals surface area (Å²) in [6, 6.07) is 5.63. The molecule has 4 heteroatoms. The van der Waals surface area contributed by atoms with Gasteiger partial charge in [0.15, 0.2) is 0 Å². The van der Waals surface area contributed by atoms with Crippen LogP contribution in [0, 0.1) is 5.82 Å². The fraction of sp³-hybridized carbons (Fsp3) is 0.538. The molecule has 1 aromatic carbocycles. The zero-order valence-corrected chi connectivity index (χ0v) is 12.0. The van der Waals surface area contributed by atoms with E-state index in [-0.39, 0.29) is 5.82 Å². The van der Waals surface area contributed by atoms with Crippen molar-refractivity contribution in [2.45, 2.75) is 31.8 Å². The number of benzene rings is 1. The van der Waals surface area contributed by atoms with Crippen LogP contribution in [0.2, 0.25) is 0 Å². The molecule has 1 atom stereocenters. The molecule has 1 fully saturated rings. The van der Waals surface area contributed by atoms with E-state index in [2.05, 4.69) is 20.8 Å². The van der Waals surface area contributed by atoms with E-state index in [0.717, 1.165) is 25.1 Å². The Balaban J connectivity index is 2.11. The molecule has 0 bridgehead atoms. The minimum absolute atomic E-state index is 0.193. The Morgan fingerprint density at radius 1 is 1.41 bits per heavy atom. The summed E-state index contributed by atoms with van der Waals surface area (Å²) in [7, 11) is 0. The molecule has 1 nitrogen and oxygen atoms in total. The fourth-order valence-corrected chi connectivity index (χ4v) is 3.07. The number of rotatable bonds is 3. The first kappa shape index (κ1) is 13.3. The number of likely N-dealkylation sites (tertiary alicyclic amines) is 1. The highest BCUT2D eigenvalue weighted by Gasteiger charge is 2.22. The van der Waals surface area contributed by atoms with Crippen LogP contribution in [0.25, 0.3) is 0 Å². The molecule has 2 rings (SSSR count). The summed E-state index contributed by atoms with van der Waals surface area (Å²) in [4.78, 5) is 2.36. The van der Waals surface area contributed by atoms with E-state index < -0.39 is 0 Å². The predicted octanol–water partition coefficient (Wildman–Crippen LogP) is 4.18. The van der Waals surface area contributed by atoms with Gasteiger partial charge in [-0.3, -0.25) is 4.90 Å². The monoisotopic (exact) mass is 319 g/mol. The van der Waals surface area contributed by atoms with Gasteiger partial charge in [0.2, 0.25) is 0 Å². The van der Waals surface area contributed by atoms with Gasteiger partial charge in [0, 0.05) is 18.5 Å². The maximum Gasteiger partial charge on any atom is 0.137 e. The number of halogens is 3. The molecule has 0 spiro atoms. The molecule has 1 aromatic rings. The van der Waals surface area contributed by atoms with Crippen molar-refractivity contribution in [3.05, 3.63) is 34.1 Å². The van der Waals surface area contributed by atoms with Crippen LogP contribution in [-0.4, -0.2) is 23.4 Å². The van der Waals surface area contributed by atoms with E-state index in [1.807, 2.05) is 6.07 Å². The predicted molar refractivity (Wildman–Crippen MR) is 72.9 cm³/mol. The number of hydrogen-bond acceptors (Lipinski definition) is 1. The summed E-state index contributed by atoms with van der Waals surface area (Å²) in [5.74, 6) is 0.467. The third kappa shape index (κ3) is 3.21. The molecule has 0 aliphatic carbocycles. The molecule has 0 aromatic heterocycles. The first-order valence-corrected chi connectivity index (χ1v) is 7.28. The van der Waals surface area contributed by atoms with Crippen LogP contribution in [0.4, 0.5) is 4.39 Å². The quantitative estimate of drug-likeness (QED) is 0.755. The number of piperidine rings is 1. The van der Waals surface area contributed by atoms with E-state index in [9.17, 15) is 4.39 Å². The van der Waals surface area contributed by atoms with E-state index in [0.29, 0.717) is 16.4 Å². The van der Waals surface area contributed by atoms with Gasteiger partial charge in [-0.15, -0.1) is 11.6 Å². The van der Waals surface area contributed by atoms with Gasteiger partial charge in [0.05, 0.1) is 4.47 Å². The number of alkyl halides is 1. The zero-order valence-electron chi connectivity index (χ0n) is 9.63. The summed E-state index contributed by atoms with van der Waals surface area (Å²) in [5, 5.41) is 0. The maximum absolute atomic E-state index is 13.4. The molecule has 1 heterocycles. The summed E-state index contributed by atoms with van der Waals surface area (Å²) in [6.45, 7) is 1.83. The summed E-state index contributed by atoms with van der Waals surface area (Å²) < 4.78 is 14.0. The lowest BCUT2D eigenvalue weighted by atomic mass is 10.0. The maximum atomic E-state index is 13.4. The second-order valence-corrected chi connectivity index (χ2v) is 5.59. The third-order valence-corrected chi connectivity index (χ3v) is 4.58. The highest BCUT2D eigenvalue weighted by atomic mass is 79.9. The highest BCUT2D eigenvalue weighted by molar-refractivity contribution is 9.10. The Hall–Kier alpha value is -0.120. The second kappa shape index (κ2) is 6.17. The van der Waals surface area contributed by atoms with E-state index in [4.69, 9.17) is 11.6 Å². The van der Waals surface area contributed by atoms with Gasteiger partial charge in [0.1, 0.15) is 5.82 Å². The van der Waals surface area contributed by atoms with Crippen molar-refractivity contribution in [3.8, 4) is 0 Å². The van der Waals surface area contributed by atoms with Crippen LogP contribution in [0.15, 0.2) is 22.7 Å². The van der Waals surface area contributed by atoms with Crippen LogP contribution in [-0.2, 0) is 6.54 Å². The topological polar surface area (TPSA) is 3.24 Å². The molecule has 0 radical (unpaired) electrons. The molecule has 1 saturated heterocycles. The lowest BCUT2D eigenvalue weighted by Crippen LogP contribution is -2.40. The van der Waals surface area contributed by atoms with Gasteiger partial charge >= 0.3 is 0 Å². The van der Waals surface area contributed by atoms with Crippen molar-refractivity contribution in [1.29, 1.82) is 0 Å². The largest absolute Gasteiger partial charge is 0.295 e. The standard InChI is InChI=1S/C13H16BrClFN/c14-13-10(4-3-6-12(13)16)9-17-7-2-1-5-11(17)8-15/h3-4,6,11H,1-2,5,7-9H2. The van der Waals surface area contributed by atoms with E-state index in [1.165, 1.54) is 18.9 Å². The van der Waals surface area contributed by atoms with Gasteiger partial charge in [-0.05, 0) is 46.9 Å². The molecule has 0 N–H and O–H groups in total. The second-order valence-electron chi connectivity index (χ2n) is 4.49. The third-order valence-electron chi connectivity index (χ3n) is 3.33. The Bertz CT molecular complexity index is 386. The molecule has 17 heavy (non-hydrogen) atoms. The van der Waals surface area contributed by atoms with Crippen molar-refractivity contribution in [1.82, 2.24) is 4.90 Å². The summed E-state index contributed by atoms with van der Waals surface area (Å²) in [5.41, 5.74) is 1.00. The van der Waals surface area contributed by atoms with Gasteiger partial charge in [-0.2, -0.15) is 0 Å². The molecule has 0 amide bonds. The summed E-state index contributed by atoms with van der Waals surface area (Å²) in [6.07, 6.45) is 3.61. The van der Waals surface area contributed by atoms with Crippen molar-refractivity contribution in [3.63, 3.8) is 0 Å². The van der Waals surface area contributed by atoms with Gasteiger partial charge < -0.3 is 0 Å². The average molecular weight is 321 g/mol. The Labute approximate surface area is 115 Å². The smallest absolute Gasteiger partial charge is 0.137 e. The van der Waals surface area contributed by atoms with E-state index in [1.54, 1.807) is 6.07 Å². The number of nitrogens with zero attached hydrogens (tertiary/aromatic N) is 1. The van der Waals surface area contributed by atoms with Crippen LogP contribution >= 0.6 is 27.5 Å². The molecule has 94 valence electrons. The molecular weight excluding hydrogens is 305 g/mol. The molecule has 1 aliphatic rings. The minimum atomic E-state index is -0.193. The van der Waals surface area contributed by atoms with Crippen molar-refractivity contribution in [2.75, 3.05) is 12.4 Å². The van der Waals surface area contributed by atoms with Crippen molar-refractivity contribution in [2.24, 2.45) is 0 Å². The number of hydrogen-bond donors (Lipinski definition) is 0. The minimum Gasteiger partial charge on any atom is -0.295 e. The Kier molecular flexibility index (Phi) is 4.83. The van der Waals surface area contributed by atoms with Crippen LogP contribution in [0.3, 0.4) is 0 Å². The van der Waals surface area contributed by atoms with Gasteiger partial charge in [-0.25, -0.2) is 4.39 Å². The fourth-order valence-electron chi connectivity index (χ4n) is 2.33. The normalized spacial score (nSPS) is 21.7. The molecule has 1 aliphatic heterocycles. The molecular formula is C13H16BrClFN. The lowest BCUT2D eigenvalue weighted by molar-refractivity contribution is 0.154. The van der Waals surface area contributed by atoms with Crippen LogP contribution in [0.1, 0.15) is 24.8 Å². The van der Waals surface area contributed by atoms with Crippen LogP contribution in [0.5, 0.6) is 0 Å². The van der Waals surface area contributed by atoms with Gasteiger partial charge in [0.25, 0.3) is 0 Å². The Morgan fingerprint density at radius 3 is 3.00 bits per heavy atom. The van der Waals surface area contributed by atoms with Crippen molar-refractivity contribution >= 4 is 27.5 Å². The lowest BCUT2D eigenvalue weighted by Gasteiger charge is -2.34. The summed E-state index contributed by atoms with van der Waals surface area (Å²) >= 11 is 9.30. The first-order chi connectivity index (χ1) is 8.22. The van der Waals surface area contributed by atoms with Crippen molar-refractivity contribution < 1.29 is 4.39 Å². The molecule has 1 unspecified atom stereocenters. The van der Waals surface area contributed by atoms with Crippen LogP contribution < -0.4 is 0 Å². The SMILES string of the molecule is Fc1cccc(CN2CCCCC2CCl)c1Br. The molecule has 0 saturated carbocycles. The Morgan fingerprint density at radius 2 is 2.24 bits per heavy atom. The zero-order chi connectivity index (χ0) is 12.3. The highest BCUT2D eigenvalue weighted by Crippen LogP contribution is 2.25. The average Bonchev–Trinajstić information content (AvgIpc) is 2.35.